The van der Waals surface area contributed by atoms with Crippen molar-refractivity contribution in [3.63, 3.8) is 0 Å². The first-order chi connectivity index (χ1) is 3.81. The van der Waals surface area contributed by atoms with Crippen molar-refractivity contribution in [2.45, 2.75) is 39.2 Å². The second-order valence-corrected chi connectivity index (χ2v) is 2.09. The van der Waals surface area contributed by atoms with Gasteiger partial charge in [-0.05, 0) is 13.3 Å². The standard InChI is InChI=1S/C6H13BO/c1-3-4-5-6(2)8-7/h6H,3-5H2,1-2H3. The quantitative estimate of drug-likeness (QED) is 0.502. The molecule has 0 fully saturated rings. The molecule has 0 amide bonds. The Bertz CT molecular complexity index is 47.8. The zero-order valence-corrected chi connectivity index (χ0v) is 5.68. The molecule has 0 bridgehead atoms. The lowest BCUT2D eigenvalue weighted by Crippen LogP contribution is -2.04. The minimum Gasteiger partial charge on any atom is -0.445 e. The van der Waals surface area contributed by atoms with Crippen LogP contribution in [0.25, 0.3) is 0 Å². The summed E-state index contributed by atoms with van der Waals surface area (Å²) in [4.78, 5) is 0. The summed E-state index contributed by atoms with van der Waals surface area (Å²) in [6.07, 6.45) is 3.73. The van der Waals surface area contributed by atoms with Crippen molar-refractivity contribution in [2.24, 2.45) is 0 Å². The molecule has 0 saturated heterocycles. The van der Waals surface area contributed by atoms with Crippen molar-refractivity contribution in [3.8, 4) is 0 Å². The van der Waals surface area contributed by atoms with Gasteiger partial charge in [-0.2, -0.15) is 0 Å². The van der Waals surface area contributed by atoms with Crippen LogP contribution in [0.1, 0.15) is 33.1 Å². The van der Waals surface area contributed by atoms with Gasteiger partial charge in [-0.1, -0.05) is 19.8 Å². The fourth-order valence-electron chi connectivity index (χ4n) is 0.560. The lowest BCUT2D eigenvalue weighted by Gasteiger charge is -2.06. The summed E-state index contributed by atoms with van der Waals surface area (Å²) in [5, 5.41) is 0. The molecule has 2 heteroatoms. The Morgan fingerprint density at radius 3 is 2.62 bits per heavy atom. The minimum atomic E-state index is 0.231. The van der Waals surface area contributed by atoms with Crippen molar-refractivity contribution < 1.29 is 4.65 Å². The van der Waals surface area contributed by atoms with E-state index in [0.29, 0.717) is 0 Å². The molecule has 1 nitrogen and oxygen atoms in total. The average Bonchev–Trinajstić information content (AvgIpc) is 1.83. The molecule has 0 aromatic rings. The third-order valence-electron chi connectivity index (χ3n) is 1.20. The maximum absolute atomic E-state index is 4.91. The molecule has 8 heavy (non-hydrogen) atoms. The molecule has 1 unspecified atom stereocenters. The van der Waals surface area contributed by atoms with Crippen molar-refractivity contribution >= 4 is 8.05 Å². The third kappa shape index (κ3) is 4.19. The Morgan fingerprint density at radius 2 is 2.25 bits per heavy atom. The van der Waals surface area contributed by atoms with Crippen LogP contribution in [-0.2, 0) is 4.65 Å². The van der Waals surface area contributed by atoms with Gasteiger partial charge in [-0.25, -0.2) is 0 Å². The summed E-state index contributed by atoms with van der Waals surface area (Å²) >= 11 is 0. The molecule has 0 heterocycles. The minimum absolute atomic E-state index is 0.231. The largest absolute Gasteiger partial charge is 0.445 e. The smallest absolute Gasteiger partial charge is 0.282 e. The predicted octanol–water partition coefficient (Wildman–Crippen LogP) is 1.67. The maximum Gasteiger partial charge on any atom is 0.282 e. The van der Waals surface area contributed by atoms with E-state index in [1.54, 1.807) is 0 Å². The Balaban J connectivity index is 2.86. The van der Waals surface area contributed by atoms with Crippen LogP contribution in [0, 0.1) is 0 Å². The van der Waals surface area contributed by atoms with Gasteiger partial charge in [0.15, 0.2) is 0 Å². The topological polar surface area (TPSA) is 9.23 Å². The molecule has 0 rings (SSSR count). The van der Waals surface area contributed by atoms with E-state index in [2.05, 4.69) is 11.6 Å². The zero-order chi connectivity index (χ0) is 6.41. The summed E-state index contributed by atoms with van der Waals surface area (Å²) in [6, 6.07) is 0. The SMILES string of the molecule is [B]OC(C)CCCC. The van der Waals surface area contributed by atoms with E-state index in [0.717, 1.165) is 6.42 Å². The summed E-state index contributed by atoms with van der Waals surface area (Å²) in [5.41, 5.74) is 0. The maximum atomic E-state index is 4.91. The second-order valence-electron chi connectivity index (χ2n) is 2.09. The summed E-state index contributed by atoms with van der Waals surface area (Å²) in [6.45, 7) is 4.14. The highest BCUT2D eigenvalue weighted by Gasteiger charge is 1.94. The van der Waals surface area contributed by atoms with Gasteiger partial charge < -0.3 is 4.65 Å². The average molecular weight is 112 g/mol. The van der Waals surface area contributed by atoms with E-state index in [1.807, 2.05) is 6.92 Å². The van der Waals surface area contributed by atoms with Gasteiger partial charge in [-0.15, -0.1) is 0 Å². The number of rotatable bonds is 4. The zero-order valence-electron chi connectivity index (χ0n) is 5.68. The molecule has 0 aromatic heterocycles. The molecule has 0 aromatic carbocycles. The molecule has 1 atom stereocenters. The molecule has 0 saturated carbocycles. The van der Waals surface area contributed by atoms with Crippen LogP contribution >= 0.6 is 0 Å². The predicted molar refractivity (Wildman–Crippen MR) is 35.8 cm³/mol. The normalized spacial score (nSPS) is 13.8. The van der Waals surface area contributed by atoms with Crippen LogP contribution in [-0.4, -0.2) is 14.2 Å². The van der Waals surface area contributed by atoms with Gasteiger partial charge in [0.25, 0.3) is 8.05 Å². The number of hydrogen-bond donors (Lipinski definition) is 0. The molecule has 0 spiro atoms. The first-order valence-electron chi connectivity index (χ1n) is 3.16. The first kappa shape index (κ1) is 8.02. The van der Waals surface area contributed by atoms with E-state index in [-0.39, 0.29) is 6.10 Å². The molecule has 0 N–H and O–H groups in total. The Hall–Kier alpha value is 0.0249. The van der Waals surface area contributed by atoms with Crippen molar-refractivity contribution in [3.05, 3.63) is 0 Å². The molecule has 2 radical (unpaired) electrons. The van der Waals surface area contributed by atoms with Crippen molar-refractivity contribution in [1.82, 2.24) is 0 Å². The first-order valence-corrected chi connectivity index (χ1v) is 3.16. The van der Waals surface area contributed by atoms with E-state index in [9.17, 15) is 0 Å². The highest BCUT2D eigenvalue weighted by molar-refractivity contribution is 5.98. The monoisotopic (exact) mass is 112 g/mol. The third-order valence-corrected chi connectivity index (χ3v) is 1.20. The van der Waals surface area contributed by atoms with Gasteiger partial charge >= 0.3 is 0 Å². The Morgan fingerprint density at radius 1 is 1.62 bits per heavy atom. The lowest BCUT2D eigenvalue weighted by molar-refractivity contribution is 0.228. The molecular weight excluding hydrogens is 98.9 g/mol. The van der Waals surface area contributed by atoms with E-state index < -0.39 is 0 Å². The number of hydrogen-bond acceptors (Lipinski definition) is 1. The molecule has 0 aliphatic carbocycles. The van der Waals surface area contributed by atoms with Gasteiger partial charge in [0.2, 0.25) is 0 Å². The van der Waals surface area contributed by atoms with Crippen molar-refractivity contribution in [1.29, 1.82) is 0 Å². The van der Waals surface area contributed by atoms with Crippen LogP contribution in [0.15, 0.2) is 0 Å². The molecule has 0 aliphatic heterocycles. The van der Waals surface area contributed by atoms with Gasteiger partial charge in [0.05, 0.1) is 0 Å². The lowest BCUT2D eigenvalue weighted by atomic mass is 10.2. The Labute approximate surface area is 52.9 Å². The van der Waals surface area contributed by atoms with E-state index in [1.165, 1.54) is 12.8 Å². The van der Waals surface area contributed by atoms with Crippen LogP contribution in [0.3, 0.4) is 0 Å². The van der Waals surface area contributed by atoms with Gasteiger partial charge in [0, 0.05) is 6.10 Å². The van der Waals surface area contributed by atoms with E-state index >= 15 is 0 Å². The molecular formula is C6H13BO. The van der Waals surface area contributed by atoms with Gasteiger partial charge in [0.1, 0.15) is 0 Å². The van der Waals surface area contributed by atoms with Crippen LogP contribution in [0.4, 0.5) is 0 Å². The molecule has 46 valence electrons. The van der Waals surface area contributed by atoms with E-state index in [4.69, 9.17) is 8.05 Å². The molecule has 0 aliphatic rings. The number of unbranched alkanes of at least 4 members (excludes halogenated alkanes) is 1. The second kappa shape index (κ2) is 5.17. The summed E-state index contributed by atoms with van der Waals surface area (Å²) in [7, 11) is 4.91. The van der Waals surface area contributed by atoms with Crippen LogP contribution in [0.5, 0.6) is 0 Å². The fourth-order valence-corrected chi connectivity index (χ4v) is 0.560. The van der Waals surface area contributed by atoms with Gasteiger partial charge in [-0.3, -0.25) is 0 Å². The van der Waals surface area contributed by atoms with Crippen LogP contribution in [0.2, 0.25) is 0 Å². The highest BCUT2D eigenvalue weighted by Crippen LogP contribution is 2.00. The van der Waals surface area contributed by atoms with Crippen molar-refractivity contribution in [2.75, 3.05) is 0 Å². The Kier molecular flexibility index (Phi) is 5.18. The fraction of sp³-hybridized carbons (Fsp3) is 1.00. The van der Waals surface area contributed by atoms with Crippen LogP contribution < -0.4 is 0 Å². The summed E-state index contributed by atoms with van der Waals surface area (Å²) < 4.78 is 4.55. The highest BCUT2D eigenvalue weighted by atomic mass is 16.4. The summed E-state index contributed by atoms with van der Waals surface area (Å²) in [5.74, 6) is 0.